The second kappa shape index (κ2) is 9.22. The van der Waals surface area contributed by atoms with Gasteiger partial charge in [-0.2, -0.15) is 5.10 Å². The number of rotatable bonds is 5. The summed E-state index contributed by atoms with van der Waals surface area (Å²) in [6.45, 7) is 3.29. The van der Waals surface area contributed by atoms with Crippen LogP contribution in [0.4, 0.5) is 0 Å². The molecule has 7 rings (SSSR count). The number of piperidine rings is 1. The number of imidazole rings is 1. The molecule has 0 spiro atoms. The Kier molecular flexibility index (Phi) is 5.44. The number of aromatic amines is 2. The van der Waals surface area contributed by atoms with Crippen molar-refractivity contribution in [1.29, 1.82) is 0 Å². The summed E-state index contributed by atoms with van der Waals surface area (Å²) < 4.78 is 0. The molecule has 2 N–H and O–H groups in total. The molecule has 0 amide bonds. The van der Waals surface area contributed by atoms with Crippen molar-refractivity contribution in [3.05, 3.63) is 79.0 Å². The number of likely N-dealkylation sites (tertiary alicyclic amines) is 1. The summed E-state index contributed by atoms with van der Waals surface area (Å²) >= 11 is 0. The molecule has 0 unspecified atom stereocenters. The van der Waals surface area contributed by atoms with E-state index in [1.807, 2.05) is 30.6 Å². The first-order valence-electron chi connectivity index (χ1n) is 12.7. The lowest BCUT2D eigenvalue weighted by atomic mass is 10.0. The highest BCUT2D eigenvalue weighted by Gasteiger charge is 2.17. The zero-order valence-corrected chi connectivity index (χ0v) is 20.4. The molecule has 0 saturated carbocycles. The van der Waals surface area contributed by atoms with Crippen LogP contribution in [0.1, 0.15) is 24.8 Å². The summed E-state index contributed by atoms with van der Waals surface area (Å²) in [6.07, 6.45) is 13.2. The monoisotopic (exact) mass is 486 g/mol. The number of nitrogens with one attached hydrogen (secondary N) is 2. The highest BCUT2D eigenvalue weighted by atomic mass is 15.1. The Labute approximate surface area is 213 Å². The van der Waals surface area contributed by atoms with E-state index < -0.39 is 0 Å². The van der Waals surface area contributed by atoms with Crippen LogP contribution in [-0.4, -0.2) is 53.1 Å². The molecule has 1 aliphatic heterocycles. The van der Waals surface area contributed by atoms with Gasteiger partial charge in [-0.05, 0) is 73.5 Å². The van der Waals surface area contributed by atoms with E-state index in [1.165, 1.54) is 37.9 Å². The maximum absolute atomic E-state index is 4.92. The summed E-state index contributed by atoms with van der Waals surface area (Å²) in [5, 5.41) is 8.79. The minimum Gasteiger partial charge on any atom is -0.336 e. The molecule has 182 valence electrons. The Morgan fingerprint density at radius 3 is 2.59 bits per heavy atom. The lowest BCUT2D eigenvalue weighted by molar-refractivity contribution is 0.220. The average Bonchev–Trinajstić information content (AvgIpc) is 3.58. The van der Waals surface area contributed by atoms with E-state index in [9.17, 15) is 0 Å². The number of nitrogens with zero attached hydrogens (tertiary/aromatic N) is 6. The Morgan fingerprint density at radius 2 is 1.70 bits per heavy atom. The molecule has 1 saturated heterocycles. The van der Waals surface area contributed by atoms with Gasteiger partial charge in [-0.15, -0.1) is 0 Å². The molecule has 5 aromatic heterocycles. The van der Waals surface area contributed by atoms with Crippen LogP contribution < -0.4 is 0 Å². The molecule has 0 bridgehead atoms. The molecule has 37 heavy (non-hydrogen) atoms. The number of aromatic nitrogens is 7. The zero-order chi connectivity index (χ0) is 24.6. The van der Waals surface area contributed by atoms with Crippen molar-refractivity contribution < 1.29 is 0 Å². The van der Waals surface area contributed by atoms with Gasteiger partial charge in [-0.1, -0.05) is 12.5 Å². The van der Waals surface area contributed by atoms with Gasteiger partial charge < -0.3 is 4.98 Å². The zero-order valence-electron chi connectivity index (χ0n) is 20.4. The van der Waals surface area contributed by atoms with Gasteiger partial charge in [0.2, 0.25) is 0 Å². The van der Waals surface area contributed by atoms with Crippen LogP contribution in [0.5, 0.6) is 0 Å². The molecule has 1 fully saturated rings. The van der Waals surface area contributed by atoms with E-state index in [-0.39, 0.29) is 0 Å². The normalized spacial score (nSPS) is 14.5. The third-order valence-corrected chi connectivity index (χ3v) is 7.11. The van der Waals surface area contributed by atoms with Gasteiger partial charge in [0.25, 0.3) is 0 Å². The van der Waals surface area contributed by atoms with E-state index >= 15 is 0 Å². The quantitative estimate of drug-likeness (QED) is 0.329. The third kappa shape index (κ3) is 4.15. The van der Waals surface area contributed by atoms with Crippen molar-refractivity contribution in [1.82, 2.24) is 40.0 Å². The molecule has 1 aliphatic rings. The molecule has 0 atom stereocenters. The van der Waals surface area contributed by atoms with Crippen molar-refractivity contribution in [2.24, 2.45) is 0 Å². The molecule has 8 nitrogen and oxygen atoms in total. The fraction of sp³-hybridized carbons (Fsp3) is 0.207. The van der Waals surface area contributed by atoms with E-state index in [4.69, 9.17) is 4.98 Å². The third-order valence-electron chi connectivity index (χ3n) is 7.11. The number of fused-ring (bicyclic) bond motifs is 2. The molecule has 0 radical (unpaired) electrons. The van der Waals surface area contributed by atoms with Gasteiger partial charge in [-0.25, -0.2) is 4.98 Å². The SMILES string of the molecule is c1cncc(-c2nccc3[nH]c(-c4n[nH]c5ccc(-c6cncc(CN7CCCCC7)c6)cc45)nc23)c1. The van der Waals surface area contributed by atoms with Crippen LogP contribution in [-0.2, 0) is 6.54 Å². The molecule has 6 aromatic rings. The van der Waals surface area contributed by atoms with Crippen molar-refractivity contribution in [2.75, 3.05) is 13.1 Å². The summed E-state index contributed by atoms with van der Waals surface area (Å²) in [4.78, 5) is 24.3. The summed E-state index contributed by atoms with van der Waals surface area (Å²) in [5.74, 6) is 0.702. The lowest BCUT2D eigenvalue weighted by Crippen LogP contribution is -2.29. The number of H-pyrrole nitrogens is 2. The van der Waals surface area contributed by atoms with Crippen molar-refractivity contribution >= 4 is 21.9 Å². The molecule has 1 aromatic carbocycles. The highest BCUT2D eigenvalue weighted by Crippen LogP contribution is 2.32. The first kappa shape index (κ1) is 21.8. The smallest absolute Gasteiger partial charge is 0.159 e. The first-order chi connectivity index (χ1) is 18.3. The number of hydrogen-bond donors (Lipinski definition) is 2. The maximum atomic E-state index is 4.92. The van der Waals surface area contributed by atoms with Crippen LogP contribution in [0, 0.1) is 0 Å². The second-order valence-electron chi connectivity index (χ2n) is 9.63. The van der Waals surface area contributed by atoms with Crippen molar-refractivity contribution in [3.63, 3.8) is 0 Å². The first-order valence-corrected chi connectivity index (χ1v) is 12.7. The summed E-state index contributed by atoms with van der Waals surface area (Å²) in [5.41, 5.74) is 8.64. The lowest BCUT2D eigenvalue weighted by Gasteiger charge is -2.26. The van der Waals surface area contributed by atoms with E-state index in [0.29, 0.717) is 5.82 Å². The minimum atomic E-state index is 0.702. The Balaban J connectivity index is 1.26. The van der Waals surface area contributed by atoms with Crippen molar-refractivity contribution in [3.8, 4) is 33.9 Å². The van der Waals surface area contributed by atoms with Gasteiger partial charge in [0.15, 0.2) is 5.82 Å². The van der Waals surface area contributed by atoms with Crippen molar-refractivity contribution in [2.45, 2.75) is 25.8 Å². The second-order valence-corrected chi connectivity index (χ2v) is 9.63. The standard InChI is InChI=1S/C29H26N8/c1-2-11-37(12-3-1)18-19-13-22(17-31-15-19)20-6-7-24-23(14-20)27(36-35-24)29-33-25-8-10-32-26(28(25)34-29)21-5-4-9-30-16-21/h4-10,13-17H,1-3,11-12,18H2,(H,33,34)(H,35,36). The Morgan fingerprint density at radius 1 is 0.784 bits per heavy atom. The topological polar surface area (TPSA) is 99.3 Å². The van der Waals surface area contributed by atoms with Crippen LogP contribution in [0.3, 0.4) is 0 Å². The van der Waals surface area contributed by atoms with E-state index in [1.54, 1.807) is 18.6 Å². The predicted octanol–water partition coefficient (Wildman–Crippen LogP) is 5.61. The summed E-state index contributed by atoms with van der Waals surface area (Å²) in [6, 6.07) is 14.5. The van der Waals surface area contributed by atoms with E-state index in [0.717, 1.165) is 56.6 Å². The van der Waals surface area contributed by atoms with E-state index in [2.05, 4.69) is 59.3 Å². The predicted molar refractivity (Wildman–Crippen MR) is 145 cm³/mol. The number of hydrogen-bond acceptors (Lipinski definition) is 6. The summed E-state index contributed by atoms with van der Waals surface area (Å²) in [7, 11) is 0. The average molecular weight is 487 g/mol. The van der Waals surface area contributed by atoms with Gasteiger partial charge in [-0.3, -0.25) is 25.0 Å². The van der Waals surface area contributed by atoms with Gasteiger partial charge >= 0.3 is 0 Å². The van der Waals surface area contributed by atoms with Crippen LogP contribution >= 0.6 is 0 Å². The van der Waals surface area contributed by atoms with Gasteiger partial charge in [0.1, 0.15) is 11.2 Å². The van der Waals surface area contributed by atoms with Gasteiger partial charge in [0, 0.05) is 54.0 Å². The number of pyridine rings is 3. The molecule has 6 heterocycles. The molecule has 8 heteroatoms. The Bertz CT molecular complexity index is 1700. The van der Waals surface area contributed by atoms with Crippen LogP contribution in [0.2, 0.25) is 0 Å². The Hall–Kier alpha value is -4.43. The fourth-order valence-corrected chi connectivity index (χ4v) is 5.24. The van der Waals surface area contributed by atoms with Crippen LogP contribution in [0.25, 0.3) is 55.8 Å². The fourth-order valence-electron chi connectivity index (χ4n) is 5.24. The van der Waals surface area contributed by atoms with Crippen LogP contribution in [0.15, 0.2) is 73.4 Å². The van der Waals surface area contributed by atoms with Gasteiger partial charge in [0.05, 0.1) is 16.7 Å². The molecular weight excluding hydrogens is 460 g/mol. The maximum Gasteiger partial charge on any atom is 0.159 e. The largest absolute Gasteiger partial charge is 0.336 e. The molecular formula is C29H26N8. The molecule has 0 aliphatic carbocycles. The highest BCUT2D eigenvalue weighted by molar-refractivity contribution is 5.97. The number of benzene rings is 1. The minimum absolute atomic E-state index is 0.702.